The number of hydrogen-bond acceptors (Lipinski definition) is 4. The van der Waals surface area contributed by atoms with Crippen LogP contribution in [0.1, 0.15) is 43.2 Å². The third-order valence-corrected chi connectivity index (χ3v) is 8.28. The zero-order chi connectivity index (χ0) is 17.9. The van der Waals surface area contributed by atoms with Crippen molar-refractivity contribution in [1.82, 2.24) is 0 Å². The second-order valence-corrected chi connectivity index (χ2v) is 9.61. The fourth-order valence-corrected chi connectivity index (χ4v) is 6.94. The van der Waals surface area contributed by atoms with Gasteiger partial charge < -0.3 is 19.4 Å². The van der Waals surface area contributed by atoms with Crippen molar-refractivity contribution in [3.8, 4) is 11.5 Å². The van der Waals surface area contributed by atoms with Crippen LogP contribution in [-0.2, 0) is 16.6 Å². The molecule has 0 radical (unpaired) electrons. The minimum atomic E-state index is -0.931. The van der Waals surface area contributed by atoms with Crippen molar-refractivity contribution in [2.75, 3.05) is 20.1 Å². The van der Waals surface area contributed by atoms with Gasteiger partial charge in [-0.25, -0.2) is 0 Å². The van der Waals surface area contributed by atoms with E-state index < -0.39 is 17.1 Å². The summed E-state index contributed by atoms with van der Waals surface area (Å²) >= 11 is 0. The van der Waals surface area contributed by atoms with E-state index in [9.17, 15) is 15.0 Å². The molecule has 1 spiro atoms. The first-order chi connectivity index (χ1) is 12.4. The summed E-state index contributed by atoms with van der Waals surface area (Å²) in [6, 6.07) is 3.77. The second-order valence-electron chi connectivity index (χ2n) is 9.61. The lowest BCUT2D eigenvalue weighted by Gasteiger charge is -2.64. The summed E-state index contributed by atoms with van der Waals surface area (Å²) in [4.78, 5) is 12.8. The number of likely N-dealkylation sites (N-methyl/N-ethyl adjacent to an activating group) is 1. The third kappa shape index (κ3) is 1.55. The summed E-state index contributed by atoms with van der Waals surface area (Å²) in [5.41, 5.74) is 0.492. The van der Waals surface area contributed by atoms with Crippen LogP contribution in [0.25, 0.3) is 0 Å². The van der Waals surface area contributed by atoms with Gasteiger partial charge in [0.15, 0.2) is 23.4 Å². The Morgan fingerprint density at radius 3 is 2.88 bits per heavy atom. The minimum absolute atomic E-state index is 0.0789. The fraction of sp³-hybridized carbons (Fsp3) is 0.667. The maximum Gasteiger partial charge on any atom is 0.174 e. The number of nitrogens with zero attached hydrogens (tertiary/aromatic N) is 1. The molecule has 3 aliphatic carbocycles. The van der Waals surface area contributed by atoms with Crippen LogP contribution in [-0.4, -0.2) is 58.4 Å². The topological polar surface area (TPSA) is 66.8 Å². The van der Waals surface area contributed by atoms with Crippen molar-refractivity contribution >= 4 is 5.78 Å². The van der Waals surface area contributed by atoms with E-state index in [-0.39, 0.29) is 17.6 Å². The second kappa shape index (κ2) is 4.45. The van der Waals surface area contributed by atoms with Gasteiger partial charge in [0, 0.05) is 30.7 Å². The van der Waals surface area contributed by atoms with Crippen LogP contribution in [0, 0.1) is 5.92 Å². The van der Waals surface area contributed by atoms with Crippen LogP contribution >= 0.6 is 0 Å². The molecule has 5 atom stereocenters. The number of likely N-dealkylation sites (tertiary alicyclic amines) is 1. The van der Waals surface area contributed by atoms with Crippen LogP contribution in [0.4, 0.5) is 0 Å². The summed E-state index contributed by atoms with van der Waals surface area (Å²) in [5.74, 6) is 1.42. The number of phenolic OH excluding ortho intramolecular Hbond substituents is 1. The maximum atomic E-state index is 12.8. The number of rotatable bonds is 2. The molecule has 5 heteroatoms. The lowest BCUT2D eigenvalue weighted by atomic mass is 9.48. The lowest BCUT2D eigenvalue weighted by molar-refractivity contribution is -0.950. The number of quaternary nitrogens is 1. The number of carbonyl (C=O) groups is 1. The Morgan fingerprint density at radius 2 is 2.12 bits per heavy atom. The Hall–Kier alpha value is -1.59. The first kappa shape index (κ1) is 15.5. The summed E-state index contributed by atoms with van der Waals surface area (Å²) in [6.07, 6.45) is 4.42. The van der Waals surface area contributed by atoms with Gasteiger partial charge in [0.05, 0.1) is 25.6 Å². The number of carbonyl (C=O) groups excluding carboxylic acids is 1. The van der Waals surface area contributed by atoms with Gasteiger partial charge in [-0.2, -0.15) is 0 Å². The highest BCUT2D eigenvalue weighted by atomic mass is 16.5. The number of aliphatic hydroxyl groups is 1. The summed E-state index contributed by atoms with van der Waals surface area (Å²) in [5, 5.41) is 22.5. The van der Waals surface area contributed by atoms with Gasteiger partial charge in [-0.1, -0.05) is 6.07 Å². The van der Waals surface area contributed by atoms with E-state index in [4.69, 9.17) is 4.74 Å². The minimum Gasteiger partial charge on any atom is -0.504 e. The Kier molecular flexibility index (Phi) is 2.65. The highest BCUT2D eigenvalue weighted by Gasteiger charge is 2.76. The average molecular weight is 356 g/mol. The first-order valence-corrected chi connectivity index (χ1v) is 10.0. The fourth-order valence-electron chi connectivity index (χ4n) is 6.94. The molecule has 2 bridgehead atoms. The third-order valence-electron chi connectivity index (χ3n) is 8.28. The Labute approximate surface area is 153 Å². The van der Waals surface area contributed by atoms with Crippen molar-refractivity contribution in [3.05, 3.63) is 23.3 Å². The zero-order valence-electron chi connectivity index (χ0n) is 15.2. The van der Waals surface area contributed by atoms with Crippen molar-refractivity contribution in [2.45, 2.75) is 61.7 Å². The largest absolute Gasteiger partial charge is 0.504 e. The molecule has 2 N–H and O–H groups in total. The Bertz CT molecular complexity index is 849. The van der Waals surface area contributed by atoms with Crippen molar-refractivity contribution < 1.29 is 24.2 Å². The summed E-state index contributed by atoms with van der Waals surface area (Å²) in [7, 11) is 2.31. The molecule has 5 aliphatic rings. The molecule has 1 aromatic rings. The normalized spacial score (nSPS) is 45.2. The predicted molar refractivity (Wildman–Crippen MR) is 94.1 cm³/mol. The molecule has 1 saturated heterocycles. The standard InChI is InChI=1S/C21H25NO4/c1-22(11-12-2-3-12)9-8-20-17-13-4-5-14(23)18(17)26-19(20)15(24)6-7-21(20,25)16(22)10-13/h4-5,12,16,19,25H,2-3,6-11H2,1H3/p+1/t16-,19?,20+,21-,22?/m1/s1. The van der Waals surface area contributed by atoms with Gasteiger partial charge in [0.25, 0.3) is 0 Å². The van der Waals surface area contributed by atoms with Crippen LogP contribution < -0.4 is 4.74 Å². The number of ether oxygens (including phenoxy) is 1. The average Bonchev–Trinajstić information content (AvgIpc) is 3.32. The molecule has 2 saturated carbocycles. The molecule has 1 aromatic carbocycles. The molecular formula is C21H26NO4+. The van der Waals surface area contributed by atoms with Gasteiger partial charge in [-0.15, -0.1) is 0 Å². The van der Waals surface area contributed by atoms with E-state index >= 15 is 0 Å². The van der Waals surface area contributed by atoms with Crippen LogP contribution in [0.15, 0.2) is 12.1 Å². The first-order valence-electron chi connectivity index (χ1n) is 10.0. The van der Waals surface area contributed by atoms with Crippen molar-refractivity contribution in [1.29, 1.82) is 0 Å². The van der Waals surface area contributed by atoms with Crippen molar-refractivity contribution in [3.63, 3.8) is 0 Å². The van der Waals surface area contributed by atoms with Crippen LogP contribution in [0.5, 0.6) is 11.5 Å². The molecule has 2 unspecified atom stereocenters. The highest BCUT2D eigenvalue weighted by Crippen LogP contribution is 2.65. The molecule has 5 nitrogen and oxygen atoms in total. The number of phenols is 1. The predicted octanol–water partition coefficient (Wildman–Crippen LogP) is 1.67. The van der Waals surface area contributed by atoms with E-state index in [1.54, 1.807) is 6.07 Å². The van der Waals surface area contributed by atoms with Gasteiger partial charge in [0.2, 0.25) is 0 Å². The van der Waals surface area contributed by atoms with Gasteiger partial charge in [-0.3, -0.25) is 4.79 Å². The van der Waals surface area contributed by atoms with Gasteiger partial charge >= 0.3 is 0 Å². The van der Waals surface area contributed by atoms with E-state index in [1.165, 1.54) is 12.8 Å². The van der Waals surface area contributed by atoms with Crippen LogP contribution in [0.3, 0.4) is 0 Å². The maximum absolute atomic E-state index is 12.8. The van der Waals surface area contributed by atoms with E-state index in [1.807, 2.05) is 6.07 Å². The van der Waals surface area contributed by atoms with Crippen LogP contribution in [0.2, 0.25) is 0 Å². The number of hydrogen-bond donors (Lipinski definition) is 2. The van der Waals surface area contributed by atoms with E-state index in [0.717, 1.165) is 47.5 Å². The number of piperidine rings is 1. The molecule has 0 aromatic heterocycles. The van der Waals surface area contributed by atoms with Gasteiger partial charge in [-0.05, 0) is 30.9 Å². The number of ketones is 1. The molecule has 2 heterocycles. The van der Waals surface area contributed by atoms with E-state index in [2.05, 4.69) is 7.05 Å². The Balaban J connectivity index is 1.60. The molecule has 2 aliphatic heterocycles. The number of benzene rings is 1. The van der Waals surface area contributed by atoms with E-state index in [0.29, 0.717) is 18.6 Å². The molecule has 6 rings (SSSR count). The summed E-state index contributed by atoms with van der Waals surface area (Å²) < 4.78 is 6.98. The molecule has 26 heavy (non-hydrogen) atoms. The lowest BCUT2D eigenvalue weighted by Crippen LogP contribution is -2.80. The molecular weight excluding hydrogens is 330 g/mol. The number of aromatic hydroxyl groups is 1. The Morgan fingerprint density at radius 1 is 1.31 bits per heavy atom. The molecule has 3 fully saturated rings. The zero-order valence-corrected chi connectivity index (χ0v) is 15.2. The smallest absolute Gasteiger partial charge is 0.174 e. The van der Waals surface area contributed by atoms with Crippen molar-refractivity contribution in [2.24, 2.45) is 5.92 Å². The monoisotopic (exact) mass is 356 g/mol. The van der Waals surface area contributed by atoms with Gasteiger partial charge in [0.1, 0.15) is 11.6 Å². The summed E-state index contributed by atoms with van der Waals surface area (Å²) in [6.45, 7) is 2.09. The highest BCUT2D eigenvalue weighted by molar-refractivity contribution is 5.90. The SMILES string of the molecule is C[N+]1(CC2CC2)CC[C@]23c4c5ccc(O)c4OC2C(=O)CC[C@@]3(O)[C@H]1C5. The molecule has 138 valence electrons. The number of Topliss-reactive ketones (excluding diaryl/α,β-unsaturated/α-hetero) is 1. The molecule has 0 amide bonds. The quantitative estimate of drug-likeness (QED) is 0.791.